The largest absolute Gasteiger partial charge is 0.360 e. The lowest BCUT2D eigenvalue weighted by atomic mass is 10.1. The van der Waals surface area contributed by atoms with Crippen LogP contribution in [0.25, 0.3) is 11.3 Å². The maximum Gasteiger partial charge on any atom is 0.263 e. The molecule has 1 fully saturated rings. The van der Waals surface area contributed by atoms with E-state index in [1.54, 1.807) is 31.2 Å². The lowest BCUT2D eigenvalue weighted by Crippen LogP contribution is -2.34. The first-order chi connectivity index (χ1) is 16.2. The summed E-state index contributed by atoms with van der Waals surface area (Å²) >= 11 is 17.8. The van der Waals surface area contributed by atoms with Crippen molar-refractivity contribution < 1.29 is 17.7 Å². The van der Waals surface area contributed by atoms with Gasteiger partial charge in [0.2, 0.25) is 10.0 Å². The molecule has 1 aliphatic rings. The summed E-state index contributed by atoms with van der Waals surface area (Å²) in [5.74, 6) is -0.282. The Morgan fingerprint density at radius 2 is 1.82 bits per heavy atom. The number of carbonyl (C=O) groups excluding carboxylic acids is 1. The zero-order valence-electron chi connectivity index (χ0n) is 18.0. The van der Waals surface area contributed by atoms with Crippen LogP contribution in [0.3, 0.4) is 0 Å². The van der Waals surface area contributed by atoms with E-state index in [2.05, 4.69) is 15.8 Å². The molecule has 0 spiro atoms. The summed E-state index contributed by atoms with van der Waals surface area (Å²) in [5.41, 5.74) is 1.24. The maximum absolute atomic E-state index is 13.0. The molecule has 2 aromatic carbocycles. The molecule has 0 radical (unpaired) electrons. The molecule has 1 aliphatic heterocycles. The third-order valence-corrected chi connectivity index (χ3v) is 8.09. The number of carbonyl (C=O) groups is 1. The van der Waals surface area contributed by atoms with Crippen molar-refractivity contribution >= 4 is 62.2 Å². The molecule has 12 heteroatoms. The molecule has 3 aromatic rings. The van der Waals surface area contributed by atoms with Crippen LogP contribution in [0, 0.1) is 6.92 Å². The van der Waals surface area contributed by atoms with Gasteiger partial charge in [-0.25, -0.2) is 8.42 Å². The van der Waals surface area contributed by atoms with E-state index in [9.17, 15) is 13.2 Å². The first-order valence-corrected chi connectivity index (χ1v) is 12.9. The highest BCUT2D eigenvalue weighted by Gasteiger charge is 2.28. The van der Waals surface area contributed by atoms with Gasteiger partial charge in [0.25, 0.3) is 5.91 Å². The molecule has 0 bridgehead atoms. The number of aromatic nitrogens is 1. The fraction of sp³-hybridized carbons (Fsp3) is 0.227. The summed E-state index contributed by atoms with van der Waals surface area (Å²) in [6.45, 7) is 2.56. The first kappa shape index (κ1) is 24.6. The maximum atomic E-state index is 13.0. The molecule has 0 saturated carbocycles. The highest BCUT2D eigenvalue weighted by molar-refractivity contribution is 7.89. The van der Waals surface area contributed by atoms with E-state index in [4.69, 9.17) is 39.9 Å². The van der Waals surface area contributed by atoms with E-state index in [1.807, 2.05) is 0 Å². The smallest absolute Gasteiger partial charge is 0.263 e. The second-order valence-electron chi connectivity index (χ2n) is 7.60. The van der Waals surface area contributed by atoms with Gasteiger partial charge in [0, 0.05) is 18.7 Å². The highest BCUT2D eigenvalue weighted by Crippen LogP contribution is 2.31. The van der Waals surface area contributed by atoms with Crippen LogP contribution in [0.4, 0.5) is 5.69 Å². The van der Waals surface area contributed by atoms with Gasteiger partial charge in [-0.15, -0.1) is 0 Å². The summed E-state index contributed by atoms with van der Waals surface area (Å²) in [6.07, 6.45) is 1.65. The molecule has 178 valence electrons. The molecule has 8 nitrogen and oxygen atoms in total. The summed E-state index contributed by atoms with van der Waals surface area (Å²) < 4.78 is 32.4. The number of hydrogen-bond acceptors (Lipinski definition) is 6. The van der Waals surface area contributed by atoms with Crippen molar-refractivity contribution in [2.45, 2.75) is 24.7 Å². The van der Waals surface area contributed by atoms with Crippen molar-refractivity contribution in [3.63, 3.8) is 0 Å². The minimum atomic E-state index is -3.65. The van der Waals surface area contributed by atoms with Gasteiger partial charge in [0.15, 0.2) is 5.11 Å². The number of benzene rings is 2. The predicted molar refractivity (Wildman–Crippen MR) is 135 cm³/mol. The first-order valence-electron chi connectivity index (χ1n) is 10.3. The van der Waals surface area contributed by atoms with Crippen LogP contribution in [-0.4, -0.2) is 42.0 Å². The Balaban J connectivity index is 1.54. The van der Waals surface area contributed by atoms with Gasteiger partial charge in [-0.1, -0.05) is 46.6 Å². The van der Waals surface area contributed by atoms with Gasteiger partial charge >= 0.3 is 0 Å². The number of aryl methyl sites for hydroxylation is 1. The van der Waals surface area contributed by atoms with Crippen molar-refractivity contribution in [3.8, 4) is 11.3 Å². The number of anilines is 1. The van der Waals surface area contributed by atoms with Crippen LogP contribution in [0.2, 0.25) is 10.0 Å². The monoisotopic (exact) mass is 538 g/mol. The van der Waals surface area contributed by atoms with Crippen molar-refractivity contribution in [2.24, 2.45) is 0 Å². The zero-order chi connectivity index (χ0) is 24.5. The number of thiocarbonyl (C=S) groups is 1. The van der Waals surface area contributed by atoms with E-state index in [1.165, 1.54) is 22.5 Å². The van der Waals surface area contributed by atoms with Crippen LogP contribution in [0.15, 0.2) is 51.9 Å². The number of rotatable bonds is 5. The Hall–Kier alpha value is -2.50. The summed E-state index contributed by atoms with van der Waals surface area (Å²) in [5, 5.41) is 9.92. The van der Waals surface area contributed by atoms with Crippen molar-refractivity contribution in [2.75, 3.05) is 18.4 Å². The van der Waals surface area contributed by atoms with Crippen molar-refractivity contribution in [1.82, 2.24) is 14.8 Å². The fourth-order valence-electron chi connectivity index (χ4n) is 3.63. The third kappa shape index (κ3) is 4.96. The molecule has 0 atom stereocenters. The Kier molecular flexibility index (Phi) is 7.25. The number of nitrogens with one attached hydrogen (secondary N) is 2. The predicted octanol–water partition coefficient (Wildman–Crippen LogP) is 4.87. The molecular formula is C22H20Cl2N4O4S2. The quantitative estimate of drug-likeness (QED) is 0.446. The molecule has 2 N–H and O–H groups in total. The number of halogens is 2. The highest BCUT2D eigenvalue weighted by atomic mass is 35.5. The molecular weight excluding hydrogens is 519 g/mol. The summed E-state index contributed by atoms with van der Waals surface area (Å²) in [7, 11) is -3.65. The van der Waals surface area contributed by atoms with E-state index in [0.717, 1.165) is 12.8 Å². The average Bonchev–Trinajstić information content (AvgIpc) is 3.46. The normalized spacial score (nSPS) is 14.2. The van der Waals surface area contributed by atoms with Crippen molar-refractivity contribution in [1.29, 1.82) is 0 Å². The van der Waals surface area contributed by atoms with Crippen LogP contribution < -0.4 is 10.6 Å². The van der Waals surface area contributed by atoms with E-state index in [0.29, 0.717) is 23.7 Å². The number of nitrogens with zero attached hydrogens (tertiary/aromatic N) is 2. The molecule has 0 aliphatic carbocycles. The Morgan fingerprint density at radius 1 is 1.12 bits per heavy atom. The number of hydrogen-bond donors (Lipinski definition) is 2. The van der Waals surface area contributed by atoms with Gasteiger partial charge in [-0.05, 0) is 56.2 Å². The molecule has 1 aromatic heterocycles. The third-order valence-electron chi connectivity index (χ3n) is 5.33. The van der Waals surface area contributed by atoms with Gasteiger partial charge in [-0.3, -0.25) is 10.1 Å². The minimum absolute atomic E-state index is 0.0756. The summed E-state index contributed by atoms with van der Waals surface area (Å²) in [4.78, 5) is 13.1. The van der Waals surface area contributed by atoms with Gasteiger partial charge in [0.05, 0.1) is 20.6 Å². The van der Waals surface area contributed by atoms with Crippen LogP contribution in [0.5, 0.6) is 0 Å². The second kappa shape index (κ2) is 10.0. The fourth-order valence-corrected chi connectivity index (χ4v) is 5.77. The Bertz CT molecular complexity index is 1370. The van der Waals surface area contributed by atoms with E-state index >= 15 is 0 Å². The standard InChI is InChI=1S/C22H20Cl2N4O4S2/c1-13-19(20(27-32-13)15-6-2-3-7-16(15)23)21(29)26-22(33)25-18-12-14(8-9-17(18)24)34(30,31)28-10-4-5-11-28/h2-3,6-9,12H,4-5,10-11H2,1H3,(H2,25,26,29,33). The SMILES string of the molecule is Cc1onc(-c2ccccc2Cl)c1C(=O)NC(=S)Nc1cc(S(=O)(=O)N2CCCC2)ccc1Cl. The molecule has 1 amide bonds. The Labute approximate surface area is 212 Å². The van der Waals surface area contributed by atoms with Gasteiger partial charge in [0.1, 0.15) is 17.0 Å². The number of sulfonamides is 1. The van der Waals surface area contributed by atoms with Gasteiger partial charge in [-0.2, -0.15) is 4.31 Å². The Morgan fingerprint density at radius 3 is 2.53 bits per heavy atom. The van der Waals surface area contributed by atoms with Crippen molar-refractivity contribution in [3.05, 3.63) is 63.8 Å². The molecule has 4 rings (SSSR count). The van der Waals surface area contributed by atoms with Crippen LogP contribution in [-0.2, 0) is 10.0 Å². The molecule has 34 heavy (non-hydrogen) atoms. The van der Waals surface area contributed by atoms with Crippen LogP contribution in [0.1, 0.15) is 29.0 Å². The molecule has 1 saturated heterocycles. The van der Waals surface area contributed by atoms with E-state index in [-0.39, 0.29) is 37.7 Å². The average molecular weight is 539 g/mol. The van der Waals surface area contributed by atoms with Crippen LogP contribution >= 0.6 is 35.4 Å². The van der Waals surface area contributed by atoms with E-state index < -0.39 is 15.9 Å². The summed E-state index contributed by atoms with van der Waals surface area (Å²) in [6, 6.07) is 11.2. The van der Waals surface area contributed by atoms with Gasteiger partial charge < -0.3 is 9.84 Å². The lowest BCUT2D eigenvalue weighted by molar-refractivity contribution is 0.0976. The minimum Gasteiger partial charge on any atom is -0.360 e. The lowest BCUT2D eigenvalue weighted by Gasteiger charge is -2.17. The zero-order valence-corrected chi connectivity index (χ0v) is 21.1. The molecule has 0 unspecified atom stereocenters. The molecule has 2 heterocycles. The topological polar surface area (TPSA) is 105 Å². The second-order valence-corrected chi connectivity index (χ2v) is 10.8. The number of amides is 1.